The van der Waals surface area contributed by atoms with Crippen LogP contribution in [0, 0.1) is 0 Å². The molecule has 0 spiro atoms. The summed E-state index contributed by atoms with van der Waals surface area (Å²) >= 11 is 0. The van der Waals surface area contributed by atoms with Crippen molar-refractivity contribution in [2.75, 3.05) is 4.90 Å². The Balaban J connectivity index is 1.01. The average molecular weight is 716 g/mol. The monoisotopic (exact) mass is 715 g/mol. The van der Waals surface area contributed by atoms with Crippen LogP contribution < -0.4 is 9.64 Å². The van der Waals surface area contributed by atoms with Gasteiger partial charge in [0.15, 0.2) is 0 Å². The molecule has 264 valence electrons. The molecule has 1 heterocycles. The Kier molecular flexibility index (Phi) is 8.55. The Bertz CT molecular complexity index is 2690. The van der Waals surface area contributed by atoms with E-state index >= 15 is 0 Å². The lowest BCUT2D eigenvalue weighted by Gasteiger charge is -2.26. The van der Waals surface area contributed by atoms with Gasteiger partial charge in [-0.2, -0.15) is 0 Å². The van der Waals surface area contributed by atoms with Gasteiger partial charge in [-0.1, -0.05) is 164 Å². The van der Waals surface area contributed by atoms with E-state index in [0.717, 1.165) is 50.8 Å². The molecular weight excluding hydrogens is 679 g/mol. The molecule has 0 bridgehead atoms. The van der Waals surface area contributed by atoms with E-state index in [1.54, 1.807) is 0 Å². The van der Waals surface area contributed by atoms with Crippen molar-refractivity contribution in [2.24, 2.45) is 0 Å². The molecule has 0 fully saturated rings. The van der Waals surface area contributed by atoms with Crippen LogP contribution in [0.1, 0.15) is 0 Å². The van der Waals surface area contributed by atoms with Crippen molar-refractivity contribution in [1.29, 1.82) is 0 Å². The lowest BCUT2D eigenvalue weighted by Crippen LogP contribution is -2.09. The number of nitrogens with zero attached hydrogens (tertiary/aromatic N) is 1. The number of hydrogen-bond donors (Lipinski definition) is 0. The van der Waals surface area contributed by atoms with Gasteiger partial charge in [-0.3, -0.25) is 0 Å². The van der Waals surface area contributed by atoms with E-state index in [4.69, 9.17) is 4.74 Å². The molecular formula is C54H37NO. The highest BCUT2D eigenvalue weighted by molar-refractivity contribution is 5.94. The number of rotatable bonds is 7. The Morgan fingerprint density at radius 2 is 0.589 bits per heavy atom. The fourth-order valence-corrected chi connectivity index (χ4v) is 7.83. The molecule has 0 atom stereocenters. The van der Waals surface area contributed by atoms with Crippen molar-refractivity contribution in [3.63, 3.8) is 0 Å². The molecule has 56 heavy (non-hydrogen) atoms. The predicted molar refractivity (Wildman–Crippen MR) is 234 cm³/mol. The number of benzene rings is 9. The molecule has 9 aromatic rings. The second-order valence-electron chi connectivity index (χ2n) is 14.1. The quantitative estimate of drug-likeness (QED) is 0.163. The predicted octanol–water partition coefficient (Wildman–Crippen LogP) is 15.3. The summed E-state index contributed by atoms with van der Waals surface area (Å²) in [4.78, 5) is 2.32. The maximum atomic E-state index is 6.75. The fraction of sp³-hybridized carbons (Fsp3) is 0. The van der Waals surface area contributed by atoms with Gasteiger partial charge >= 0.3 is 0 Å². The van der Waals surface area contributed by atoms with E-state index in [2.05, 4.69) is 223 Å². The van der Waals surface area contributed by atoms with Crippen molar-refractivity contribution in [3.05, 3.63) is 224 Å². The minimum absolute atomic E-state index is 0.851. The third-order valence-electron chi connectivity index (χ3n) is 10.7. The fourth-order valence-electron chi connectivity index (χ4n) is 7.83. The van der Waals surface area contributed by atoms with Crippen molar-refractivity contribution in [1.82, 2.24) is 0 Å². The molecule has 10 rings (SSSR count). The molecule has 0 saturated carbocycles. The highest BCUT2D eigenvalue weighted by Gasteiger charge is 2.22. The third kappa shape index (κ3) is 6.34. The Hall–Kier alpha value is -7.42. The summed E-state index contributed by atoms with van der Waals surface area (Å²) in [5, 5.41) is 0. The second kappa shape index (κ2) is 14.4. The van der Waals surface area contributed by atoms with E-state index in [9.17, 15) is 0 Å². The van der Waals surface area contributed by atoms with E-state index < -0.39 is 0 Å². The van der Waals surface area contributed by atoms with Crippen molar-refractivity contribution in [3.8, 4) is 78.3 Å². The van der Waals surface area contributed by atoms with Crippen LogP contribution in [-0.2, 0) is 0 Å². The standard InChI is InChI=1S/C54H37NO/c1-4-12-38(13-5-1)41-20-28-46(29-21-41)55(47-30-22-42(23-31-47)39-14-6-2-7-15-39)48-32-24-43(25-33-48)45-27-35-51-49-34-26-44(40-16-8-3-9-17-40)36-52(49)50-18-10-11-19-53(50)56-54(51)37-45/h1-37H. The van der Waals surface area contributed by atoms with Crippen LogP contribution in [0.2, 0.25) is 0 Å². The molecule has 0 radical (unpaired) electrons. The van der Waals surface area contributed by atoms with Gasteiger partial charge in [0.05, 0.1) is 0 Å². The SMILES string of the molecule is c1ccc(-c2ccc(N(c3ccc(-c4ccccc4)cc3)c3ccc(-c4ccc5c(c4)Oc4ccccc4-c4cc(-c6ccccc6)ccc4-5)cc3)cc2)cc1. The lowest BCUT2D eigenvalue weighted by molar-refractivity contribution is 0.488. The highest BCUT2D eigenvalue weighted by atomic mass is 16.5. The summed E-state index contributed by atoms with van der Waals surface area (Å²) in [6, 6.07) is 79.9. The highest BCUT2D eigenvalue weighted by Crippen LogP contribution is 2.49. The summed E-state index contributed by atoms with van der Waals surface area (Å²) < 4.78 is 6.75. The summed E-state index contributed by atoms with van der Waals surface area (Å²) in [6.07, 6.45) is 0. The van der Waals surface area contributed by atoms with Gasteiger partial charge < -0.3 is 9.64 Å². The third-order valence-corrected chi connectivity index (χ3v) is 10.7. The first-order valence-electron chi connectivity index (χ1n) is 19.1. The van der Waals surface area contributed by atoms with E-state index in [1.807, 2.05) is 6.07 Å². The molecule has 9 aromatic carbocycles. The van der Waals surface area contributed by atoms with E-state index in [-0.39, 0.29) is 0 Å². The lowest BCUT2D eigenvalue weighted by atomic mass is 9.90. The van der Waals surface area contributed by atoms with Crippen LogP contribution in [0.5, 0.6) is 11.5 Å². The molecule has 1 aliphatic heterocycles. The smallest absolute Gasteiger partial charge is 0.135 e. The van der Waals surface area contributed by atoms with Gasteiger partial charge in [0.1, 0.15) is 11.5 Å². The zero-order valence-corrected chi connectivity index (χ0v) is 30.7. The van der Waals surface area contributed by atoms with Crippen LogP contribution in [0.15, 0.2) is 224 Å². The summed E-state index contributed by atoms with van der Waals surface area (Å²) in [5.41, 5.74) is 17.2. The zero-order valence-electron chi connectivity index (χ0n) is 30.7. The van der Waals surface area contributed by atoms with Crippen molar-refractivity contribution in [2.45, 2.75) is 0 Å². The molecule has 2 heteroatoms. The summed E-state index contributed by atoms with van der Waals surface area (Å²) in [5.74, 6) is 1.71. The van der Waals surface area contributed by atoms with Crippen LogP contribution in [0.4, 0.5) is 17.1 Å². The summed E-state index contributed by atoms with van der Waals surface area (Å²) in [7, 11) is 0. The maximum absolute atomic E-state index is 6.75. The minimum Gasteiger partial charge on any atom is -0.456 e. The van der Waals surface area contributed by atoms with E-state index in [0.29, 0.717) is 0 Å². The summed E-state index contributed by atoms with van der Waals surface area (Å²) in [6.45, 7) is 0. The minimum atomic E-state index is 0.851. The molecule has 0 aliphatic carbocycles. The number of ether oxygens (including phenoxy) is 1. The number of para-hydroxylation sites is 1. The molecule has 0 N–H and O–H groups in total. The molecule has 0 unspecified atom stereocenters. The second-order valence-corrected chi connectivity index (χ2v) is 14.1. The molecule has 2 nitrogen and oxygen atoms in total. The van der Waals surface area contributed by atoms with Gasteiger partial charge in [0, 0.05) is 28.2 Å². The topological polar surface area (TPSA) is 12.5 Å². The van der Waals surface area contributed by atoms with Gasteiger partial charge in [-0.25, -0.2) is 0 Å². The molecule has 0 amide bonds. The normalized spacial score (nSPS) is 11.4. The van der Waals surface area contributed by atoms with Gasteiger partial charge in [0.25, 0.3) is 0 Å². The van der Waals surface area contributed by atoms with Gasteiger partial charge in [-0.15, -0.1) is 0 Å². The van der Waals surface area contributed by atoms with Gasteiger partial charge in [-0.05, 0) is 116 Å². The molecule has 1 aliphatic rings. The first-order chi connectivity index (χ1) is 27.7. The Morgan fingerprint density at radius 3 is 1.11 bits per heavy atom. The largest absolute Gasteiger partial charge is 0.456 e. The Morgan fingerprint density at radius 1 is 0.232 bits per heavy atom. The van der Waals surface area contributed by atoms with Crippen LogP contribution in [-0.4, -0.2) is 0 Å². The maximum Gasteiger partial charge on any atom is 0.135 e. The zero-order chi connectivity index (χ0) is 37.3. The average Bonchev–Trinajstić information content (AvgIpc) is 3.42. The van der Waals surface area contributed by atoms with Crippen molar-refractivity contribution >= 4 is 17.1 Å². The molecule has 0 saturated heterocycles. The van der Waals surface area contributed by atoms with Crippen LogP contribution in [0.3, 0.4) is 0 Å². The van der Waals surface area contributed by atoms with Crippen LogP contribution in [0.25, 0.3) is 66.8 Å². The first-order valence-corrected chi connectivity index (χ1v) is 19.1. The number of hydrogen-bond acceptors (Lipinski definition) is 2. The van der Waals surface area contributed by atoms with Crippen LogP contribution >= 0.6 is 0 Å². The van der Waals surface area contributed by atoms with Crippen molar-refractivity contribution < 1.29 is 4.74 Å². The number of fused-ring (bicyclic) bond motifs is 5. The number of anilines is 3. The van der Waals surface area contributed by atoms with E-state index in [1.165, 1.54) is 44.5 Å². The molecule has 0 aromatic heterocycles. The first kappa shape index (κ1) is 33.2. The van der Waals surface area contributed by atoms with Gasteiger partial charge in [0.2, 0.25) is 0 Å². The Labute approximate surface area is 328 Å².